The second-order valence-corrected chi connectivity index (χ2v) is 4.80. The standard InChI is InChI=1S/C13H13N5O2/c1-14-12(19)17-7-4-9(5-8-17)18-10-3-2-6-15-11(10)16-13(18)20/h1-3,6,9H,4-5,7-8H2/p+1. The number of piperidine rings is 1. The first-order valence-electron chi connectivity index (χ1n) is 6.46. The molecule has 0 radical (unpaired) electrons. The number of rotatable bonds is 1. The topological polar surface area (TPSA) is 75.3 Å². The number of H-pyrrole nitrogens is 1. The first-order valence-corrected chi connectivity index (χ1v) is 6.46. The molecule has 2 aromatic heterocycles. The Morgan fingerprint density at radius 3 is 2.90 bits per heavy atom. The fraction of sp³-hybridized carbons (Fsp3) is 0.385. The molecular formula is C13H14N5O2+. The lowest BCUT2D eigenvalue weighted by Crippen LogP contribution is -2.38. The fourth-order valence-electron chi connectivity index (χ4n) is 2.72. The highest BCUT2D eigenvalue weighted by Crippen LogP contribution is 2.24. The molecule has 3 heterocycles. The number of hydrogen-bond donors (Lipinski definition) is 1. The average Bonchev–Trinajstić information content (AvgIpc) is 2.82. The van der Waals surface area contributed by atoms with E-state index >= 15 is 0 Å². The van der Waals surface area contributed by atoms with Crippen molar-refractivity contribution in [1.82, 2.24) is 19.4 Å². The maximum atomic E-state index is 12.1. The highest BCUT2D eigenvalue weighted by molar-refractivity contribution is 5.84. The second-order valence-electron chi connectivity index (χ2n) is 4.80. The normalized spacial score (nSPS) is 16.2. The summed E-state index contributed by atoms with van der Waals surface area (Å²) >= 11 is 0. The summed E-state index contributed by atoms with van der Waals surface area (Å²) in [4.78, 5) is 35.1. The number of aromatic nitrogens is 3. The Morgan fingerprint density at radius 1 is 1.45 bits per heavy atom. The number of amides is 2. The molecule has 0 aromatic carbocycles. The minimum Gasteiger partial charge on any atom is -0.290 e. The molecule has 3 rings (SSSR count). The molecule has 1 fully saturated rings. The van der Waals surface area contributed by atoms with Gasteiger partial charge in [-0.15, -0.1) is 4.85 Å². The SMILES string of the molecule is C#[N+]C(=O)N1CCC(n2c(=O)[nH]c3ncccc32)CC1. The molecule has 2 aromatic rings. The van der Waals surface area contributed by atoms with Crippen LogP contribution in [0.4, 0.5) is 4.79 Å². The minimum atomic E-state index is -0.406. The Kier molecular flexibility index (Phi) is 2.99. The van der Waals surface area contributed by atoms with Crippen LogP contribution in [0.2, 0.25) is 0 Å². The highest BCUT2D eigenvalue weighted by Gasteiger charge is 2.31. The van der Waals surface area contributed by atoms with Crippen molar-refractivity contribution in [2.45, 2.75) is 18.9 Å². The highest BCUT2D eigenvalue weighted by atomic mass is 16.2. The number of likely N-dealkylation sites (tertiary alicyclic amines) is 1. The van der Waals surface area contributed by atoms with E-state index in [-0.39, 0.29) is 11.7 Å². The smallest absolute Gasteiger partial charge is 0.290 e. The van der Waals surface area contributed by atoms with Gasteiger partial charge in [-0.1, -0.05) is 0 Å². The van der Waals surface area contributed by atoms with Crippen LogP contribution in [0.3, 0.4) is 0 Å². The summed E-state index contributed by atoms with van der Waals surface area (Å²) in [6.07, 6.45) is 3.04. The molecule has 7 heteroatoms. The van der Waals surface area contributed by atoms with Crippen LogP contribution in [0.1, 0.15) is 18.9 Å². The summed E-state index contributed by atoms with van der Waals surface area (Å²) in [5.41, 5.74) is 1.23. The summed E-state index contributed by atoms with van der Waals surface area (Å²) in [5, 5.41) is 0. The Labute approximate surface area is 114 Å². The van der Waals surface area contributed by atoms with Gasteiger partial charge in [0.15, 0.2) is 5.65 Å². The molecule has 0 unspecified atom stereocenters. The number of nitrogens with one attached hydrogen (secondary N) is 1. The van der Waals surface area contributed by atoms with Gasteiger partial charge in [0, 0.05) is 25.1 Å². The van der Waals surface area contributed by atoms with Gasteiger partial charge in [0.2, 0.25) is 0 Å². The lowest BCUT2D eigenvalue weighted by Gasteiger charge is -2.25. The summed E-state index contributed by atoms with van der Waals surface area (Å²) in [6.45, 7) is 6.09. The molecule has 0 atom stereocenters. The quantitative estimate of drug-likeness (QED) is 0.853. The van der Waals surface area contributed by atoms with Crippen molar-refractivity contribution in [1.29, 1.82) is 0 Å². The molecule has 0 saturated carbocycles. The first kappa shape index (κ1) is 12.4. The van der Waals surface area contributed by atoms with E-state index in [1.165, 1.54) is 0 Å². The van der Waals surface area contributed by atoms with Gasteiger partial charge >= 0.3 is 11.7 Å². The van der Waals surface area contributed by atoms with Crippen LogP contribution in [-0.2, 0) is 0 Å². The van der Waals surface area contributed by atoms with Crippen LogP contribution in [0.15, 0.2) is 23.1 Å². The van der Waals surface area contributed by atoms with E-state index in [0.29, 0.717) is 31.6 Å². The zero-order valence-corrected chi connectivity index (χ0v) is 10.8. The summed E-state index contributed by atoms with van der Waals surface area (Å²) in [5.74, 6) is 0. The van der Waals surface area contributed by atoms with E-state index in [1.54, 1.807) is 21.7 Å². The number of nitrogens with zero attached hydrogens (tertiary/aromatic N) is 4. The van der Waals surface area contributed by atoms with Gasteiger partial charge in [-0.3, -0.25) is 9.55 Å². The maximum Gasteiger partial charge on any atom is 0.599 e. The molecule has 1 aliphatic rings. The van der Waals surface area contributed by atoms with Gasteiger partial charge in [-0.25, -0.2) is 14.7 Å². The van der Waals surface area contributed by atoms with E-state index in [4.69, 9.17) is 6.57 Å². The summed E-state index contributed by atoms with van der Waals surface area (Å²) < 4.78 is 1.73. The number of aromatic amines is 1. The third-order valence-electron chi connectivity index (χ3n) is 3.70. The Morgan fingerprint density at radius 2 is 2.20 bits per heavy atom. The van der Waals surface area contributed by atoms with E-state index in [0.717, 1.165) is 5.52 Å². The molecule has 102 valence electrons. The molecule has 1 saturated heterocycles. The zero-order valence-electron chi connectivity index (χ0n) is 10.8. The molecule has 0 aliphatic carbocycles. The number of hydrogen-bond acceptors (Lipinski definition) is 3. The number of fused-ring (bicyclic) bond motifs is 1. The monoisotopic (exact) mass is 272 g/mol. The Bertz CT molecular complexity index is 746. The van der Waals surface area contributed by atoms with Gasteiger partial charge in [-0.2, -0.15) is 4.79 Å². The van der Waals surface area contributed by atoms with Crippen LogP contribution >= 0.6 is 0 Å². The van der Waals surface area contributed by atoms with Gasteiger partial charge < -0.3 is 0 Å². The molecule has 0 spiro atoms. The average molecular weight is 272 g/mol. The van der Waals surface area contributed by atoms with Crippen molar-refractivity contribution in [3.63, 3.8) is 0 Å². The van der Waals surface area contributed by atoms with Crippen molar-refractivity contribution in [3.05, 3.63) is 33.7 Å². The second kappa shape index (κ2) is 4.81. The van der Waals surface area contributed by atoms with Crippen LogP contribution in [0, 0.1) is 6.57 Å². The van der Waals surface area contributed by atoms with Crippen molar-refractivity contribution in [2.24, 2.45) is 0 Å². The van der Waals surface area contributed by atoms with Gasteiger partial charge in [-0.05, 0) is 12.1 Å². The molecule has 7 nitrogen and oxygen atoms in total. The fourth-order valence-corrected chi connectivity index (χ4v) is 2.72. The number of pyridine rings is 1. The summed E-state index contributed by atoms with van der Waals surface area (Å²) in [7, 11) is 0. The third kappa shape index (κ3) is 1.95. The number of carbonyl (C=O) groups is 1. The maximum absolute atomic E-state index is 12.1. The zero-order chi connectivity index (χ0) is 14.1. The van der Waals surface area contributed by atoms with E-state index < -0.39 is 6.03 Å². The van der Waals surface area contributed by atoms with Crippen molar-refractivity contribution < 1.29 is 4.79 Å². The molecule has 0 bridgehead atoms. The lowest BCUT2D eigenvalue weighted by atomic mass is 10.1. The van der Waals surface area contributed by atoms with E-state index in [1.807, 2.05) is 6.07 Å². The molecule has 2 amide bonds. The number of imidazole rings is 1. The Hall–Kier alpha value is -2.62. The first-order chi connectivity index (χ1) is 9.70. The van der Waals surface area contributed by atoms with Crippen LogP contribution in [0.5, 0.6) is 0 Å². The molecule has 1 N–H and O–H groups in total. The van der Waals surface area contributed by atoms with E-state index in [2.05, 4.69) is 14.8 Å². The Balaban J connectivity index is 1.88. The minimum absolute atomic E-state index is 0.0577. The molecule has 1 aliphatic heterocycles. The lowest BCUT2D eigenvalue weighted by molar-refractivity contribution is 0.187. The van der Waals surface area contributed by atoms with Crippen molar-refractivity contribution in [2.75, 3.05) is 13.1 Å². The van der Waals surface area contributed by atoms with Gasteiger partial charge in [0.05, 0.1) is 18.6 Å². The largest absolute Gasteiger partial charge is 0.599 e. The number of urea groups is 1. The third-order valence-corrected chi connectivity index (χ3v) is 3.70. The van der Waals surface area contributed by atoms with Gasteiger partial charge in [0.1, 0.15) is 6.57 Å². The van der Waals surface area contributed by atoms with Crippen LogP contribution in [-0.4, -0.2) is 38.6 Å². The predicted molar refractivity (Wildman–Crippen MR) is 73.9 cm³/mol. The van der Waals surface area contributed by atoms with E-state index in [9.17, 15) is 9.59 Å². The number of carbonyl (C=O) groups excluding carboxylic acids is 1. The van der Waals surface area contributed by atoms with Crippen molar-refractivity contribution in [3.8, 4) is 6.57 Å². The summed E-state index contributed by atoms with van der Waals surface area (Å²) in [6, 6.07) is 3.32. The van der Waals surface area contributed by atoms with Crippen LogP contribution < -0.4 is 5.69 Å². The predicted octanol–water partition coefficient (Wildman–Crippen LogP) is 1.44. The van der Waals surface area contributed by atoms with Gasteiger partial charge in [0.25, 0.3) is 0 Å². The van der Waals surface area contributed by atoms with Crippen molar-refractivity contribution >= 4 is 17.2 Å². The molecule has 20 heavy (non-hydrogen) atoms. The van der Waals surface area contributed by atoms with Crippen LogP contribution in [0.25, 0.3) is 16.0 Å². The molecular weight excluding hydrogens is 258 g/mol.